The van der Waals surface area contributed by atoms with E-state index in [1.54, 1.807) is 6.92 Å². The van der Waals surface area contributed by atoms with Crippen LogP contribution in [0.15, 0.2) is 4.99 Å². The number of aliphatic imine (C=N–C) groups is 1. The molecule has 0 unspecified atom stereocenters. The second-order valence-electron chi connectivity index (χ2n) is 3.28. The molecule has 0 aliphatic heterocycles. The van der Waals surface area contributed by atoms with Crippen LogP contribution in [0, 0.1) is 0 Å². The maximum Gasteiger partial charge on any atom is 0.404 e. The van der Waals surface area contributed by atoms with Gasteiger partial charge in [0.15, 0.2) is 5.11 Å². The van der Waals surface area contributed by atoms with Crippen molar-refractivity contribution in [2.75, 3.05) is 13.1 Å². The first kappa shape index (κ1) is 14.6. The molecule has 0 radical (unpaired) electrons. The van der Waals surface area contributed by atoms with Gasteiger partial charge in [-0.15, -0.1) is 0 Å². The lowest BCUT2D eigenvalue weighted by molar-refractivity contribution is 0.194. The first-order valence-electron chi connectivity index (χ1n) is 5.07. The molecular weight excluding hydrogens is 228 g/mol. The van der Waals surface area contributed by atoms with Crippen LogP contribution in [-0.4, -0.2) is 35.2 Å². The first-order valence-corrected chi connectivity index (χ1v) is 5.48. The highest BCUT2D eigenvalue weighted by Crippen LogP contribution is 1.92. The first-order chi connectivity index (χ1) is 7.52. The Bertz CT molecular complexity index is 264. The van der Waals surface area contributed by atoms with Crippen molar-refractivity contribution in [3.63, 3.8) is 0 Å². The quantitative estimate of drug-likeness (QED) is 0.239. The van der Waals surface area contributed by atoms with Gasteiger partial charge in [-0.1, -0.05) is 0 Å². The number of hydrogen-bond acceptors (Lipinski definition) is 2. The fourth-order valence-electron chi connectivity index (χ4n) is 1.02. The summed E-state index contributed by atoms with van der Waals surface area (Å²) in [6.07, 6.45) is 1.69. The fraction of sp³-hybridized carbons (Fsp3) is 0.667. The van der Waals surface area contributed by atoms with Crippen LogP contribution < -0.4 is 16.4 Å². The Morgan fingerprint density at radius 1 is 1.31 bits per heavy atom. The summed E-state index contributed by atoms with van der Waals surface area (Å²) in [5.74, 6) is 0.433. The Hall–Kier alpha value is -1.37. The number of carbonyl (C=O) groups is 1. The number of amidine groups is 1. The zero-order valence-corrected chi connectivity index (χ0v) is 10.1. The van der Waals surface area contributed by atoms with Gasteiger partial charge < -0.3 is 21.5 Å². The van der Waals surface area contributed by atoms with E-state index >= 15 is 0 Å². The van der Waals surface area contributed by atoms with Gasteiger partial charge in [0, 0.05) is 13.1 Å². The number of nitrogens with two attached hydrogens (primary N) is 1. The normalized spacial score (nSPS) is 10.9. The molecule has 0 rings (SSSR count). The van der Waals surface area contributed by atoms with Crippen LogP contribution in [-0.2, 0) is 0 Å². The van der Waals surface area contributed by atoms with Gasteiger partial charge in [-0.05, 0) is 38.4 Å². The van der Waals surface area contributed by atoms with Gasteiger partial charge in [0.2, 0.25) is 0 Å². The summed E-state index contributed by atoms with van der Waals surface area (Å²) in [6.45, 7) is 2.88. The topological polar surface area (TPSA) is 99.7 Å². The Kier molecular flexibility index (Phi) is 8.14. The molecule has 0 atom stereocenters. The van der Waals surface area contributed by atoms with Gasteiger partial charge in [0.1, 0.15) is 0 Å². The molecule has 0 aromatic heterocycles. The lowest BCUT2D eigenvalue weighted by atomic mass is 10.2. The zero-order chi connectivity index (χ0) is 12.4. The lowest BCUT2D eigenvalue weighted by Crippen LogP contribution is -2.24. The number of nitrogens with zero attached hydrogens (tertiary/aromatic N) is 1. The van der Waals surface area contributed by atoms with E-state index in [1.807, 2.05) is 0 Å². The highest BCUT2D eigenvalue weighted by atomic mass is 32.1. The molecule has 0 saturated heterocycles. The summed E-state index contributed by atoms with van der Waals surface area (Å²) in [6, 6.07) is 0. The average Bonchev–Trinajstić information content (AvgIpc) is 2.14. The van der Waals surface area contributed by atoms with E-state index in [2.05, 4.69) is 15.6 Å². The highest BCUT2D eigenvalue weighted by molar-refractivity contribution is 7.80. The second kappa shape index (κ2) is 8.90. The molecule has 0 heterocycles. The van der Waals surface area contributed by atoms with Crippen LogP contribution in [0.4, 0.5) is 4.79 Å². The predicted molar refractivity (Wildman–Crippen MR) is 67.8 cm³/mol. The molecule has 92 valence electrons. The number of carboxylic acid groups (broad SMARTS) is 1. The molecule has 0 bridgehead atoms. The van der Waals surface area contributed by atoms with Crippen molar-refractivity contribution in [2.45, 2.75) is 26.2 Å². The Labute approximate surface area is 100 Å². The van der Waals surface area contributed by atoms with Crippen LogP contribution in [0.25, 0.3) is 0 Å². The molecule has 0 saturated carbocycles. The number of hydrogen-bond donors (Lipinski definition) is 4. The number of unbranched alkanes of at least 4 members (excludes halogenated alkanes) is 2. The van der Waals surface area contributed by atoms with E-state index in [4.69, 9.17) is 23.1 Å². The van der Waals surface area contributed by atoms with Crippen LogP contribution in [0.2, 0.25) is 0 Å². The number of nitrogens with one attached hydrogen (secondary N) is 2. The van der Waals surface area contributed by atoms with Crippen LogP contribution in [0.1, 0.15) is 26.2 Å². The van der Waals surface area contributed by atoms with Gasteiger partial charge in [0.25, 0.3) is 0 Å². The highest BCUT2D eigenvalue weighted by Gasteiger charge is 1.95. The average molecular weight is 246 g/mol. The number of thiocarbonyl (C=S) groups is 1. The van der Waals surface area contributed by atoms with Gasteiger partial charge in [0.05, 0.1) is 5.84 Å². The van der Waals surface area contributed by atoms with E-state index < -0.39 is 6.09 Å². The van der Waals surface area contributed by atoms with E-state index in [-0.39, 0.29) is 0 Å². The number of amides is 1. The Balaban J connectivity index is 3.31. The lowest BCUT2D eigenvalue weighted by Gasteiger charge is -2.04. The third-order valence-corrected chi connectivity index (χ3v) is 1.92. The monoisotopic (exact) mass is 246 g/mol. The van der Waals surface area contributed by atoms with Crippen molar-refractivity contribution in [2.24, 2.45) is 10.7 Å². The second-order valence-corrected chi connectivity index (χ2v) is 3.66. The minimum Gasteiger partial charge on any atom is -0.465 e. The van der Waals surface area contributed by atoms with Crippen molar-refractivity contribution >= 4 is 29.3 Å². The van der Waals surface area contributed by atoms with Crippen molar-refractivity contribution < 1.29 is 9.90 Å². The van der Waals surface area contributed by atoms with Crippen molar-refractivity contribution in [1.29, 1.82) is 0 Å². The number of rotatable bonds is 6. The Morgan fingerprint density at radius 2 is 1.88 bits per heavy atom. The maximum atomic E-state index is 10.1. The molecule has 0 aliphatic rings. The molecule has 1 amide bonds. The summed E-state index contributed by atoms with van der Waals surface area (Å²) >= 11 is 4.90. The van der Waals surface area contributed by atoms with Gasteiger partial charge in [-0.2, -0.15) is 0 Å². The van der Waals surface area contributed by atoms with Crippen molar-refractivity contribution in [3.05, 3.63) is 0 Å². The molecule has 16 heavy (non-hydrogen) atoms. The smallest absolute Gasteiger partial charge is 0.404 e. The molecule has 0 fully saturated rings. The molecule has 7 heteroatoms. The van der Waals surface area contributed by atoms with Crippen LogP contribution in [0.5, 0.6) is 0 Å². The predicted octanol–water partition coefficient (Wildman–Crippen LogP) is 0.676. The van der Waals surface area contributed by atoms with Gasteiger partial charge in [-0.3, -0.25) is 0 Å². The molecule has 0 aromatic carbocycles. The Morgan fingerprint density at radius 3 is 2.38 bits per heavy atom. The fourth-order valence-corrected chi connectivity index (χ4v) is 1.26. The SMILES string of the molecule is C/C(N)=N/C(=S)NCCCCCNC(=O)O. The summed E-state index contributed by atoms with van der Waals surface area (Å²) in [4.78, 5) is 14.0. The van der Waals surface area contributed by atoms with Crippen molar-refractivity contribution in [1.82, 2.24) is 10.6 Å². The molecule has 0 aromatic rings. The molecule has 6 nitrogen and oxygen atoms in total. The van der Waals surface area contributed by atoms with Gasteiger partial charge in [-0.25, -0.2) is 9.79 Å². The van der Waals surface area contributed by atoms with Gasteiger partial charge >= 0.3 is 6.09 Å². The molecule has 0 aliphatic carbocycles. The standard InChI is InChI=1S/C9H18N4O2S/c1-7(10)13-8(16)11-5-3-2-4-6-12-9(14)15/h12H,2-6H2,1H3,(H,14,15)(H3,10,11,13,16). The third kappa shape index (κ3) is 10.7. The molecule has 5 N–H and O–H groups in total. The van der Waals surface area contributed by atoms with E-state index in [0.717, 1.165) is 25.8 Å². The largest absolute Gasteiger partial charge is 0.465 e. The van der Waals surface area contributed by atoms with Crippen LogP contribution in [0.3, 0.4) is 0 Å². The van der Waals surface area contributed by atoms with Crippen LogP contribution >= 0.6 is 12.2 Å². The summed E-state index contributed by atoms with van der Waals surface area (Å²) in [5, 5.41) is 13.9. The van der Waals surface area contributed by atoms with E-state index in [1.165, 1.54) is 0 Å². The minimum atomic E-state index is -0.980. The van der Waals surface area contributed by atoms with E-state index in [9.17, 15) is 4.79 Å². The summed E-state index contributed by atoms with van der Waals surface area (Å²) < 4.78 is 0. The summed E-state index contributed by atoms with van der Waals surface area (Å²) in [5.41, 5.74) is 5.35. The summed E-state index contributed by atoms with van der Waals surface area (Å²) in [7, 11) is 0. The zero-order valence-electron chi connectivity index (χ0n) is 9.32. The van der Waals surface area contributed by atoms with Crippen molar-refractivity contribution in [3.8, 4) is 0 Å². The maximum absolute atomic E-state index is 10.1. The molecule has 0 spiro atoms. The third-order valence-electron chi connectivity index (χ3n) is 1.68. The van der Waals surface area contributed by atoms with E-state index in [0.29, 0.717) is 17.5 Å². The molecular formula is C9H18N4O2S. The minimum absolute atomic E-state index is 0.392.